The topological polar surface area (TPSA) is 97.6 Å². The minimum atomic E-state index is -3.70. The van der Waals surface area contributed by atoms with Crippen LogP contribution in [0.1, 0.15) is 30.0 Å². The molecule has 1 aromatic heterocycles. The third kappa shape index (κ3) is 6.43. The van der Waals surface area contributed by atoms with Crippen molar-refractivity contribution in [1.29, 1.82) is 0 Å². The first-order valence-electron chi connectivity index (χ1n) is 9.60. The molecule has 0 aliphatic rings. The molecule has 0 bridgehead atoms. The molecule has 0 aliphatic carbocycles. The van der Waals surface area contributed by atoms with Gasteiger partial charge in [-0.25, -0.2) is 13.1 Å². The van der Waals surface area contributed by atoms with Crippen molar-refractivity contribution >= 4 is 37.5 Å². The van der Waals surface area contributed by atoms with Gasteiger partial charge in [0.2, 0.25) is 10.0 Å². The molecule has 1 amide bonds. The van der Waals surface area contributed by atoms with E-state index in [9.17, 15) is 13.2 Å². The Labute approximate surface area is 190 Å². The number of benzene rings is 2. The van der Waals surface area contributed by atoms with Gasteiger partial charge in [0.1, 0.15) is 11.5 Å². The molecule has 0 spiro atoms. The van der Waals surface area contributed by atoms with Crippen molar-refractivity contribution in [3.05, 3.63) is 76.7 Å². The van der Waals surface area contributed by atoms with Gasteiger partial charge in [-0.1, -0.05) is 13.8 Å². The van der Waals surface area contributed by atoms with Crippen molar-refractivity contribution in [3.8, 4) is 5.75 Å². The third-order valence-electron chi connectivity index (χ3n) is 4.21. The van der Waals surface area contributed by atoms with E-state index < -0.39 is 10.0 Å². The van der Waals surface area contributed by atoms with E-state index in [1.807, 2.05) is 0 Å². The van der Waals surface area contributed by atoms with E-state index in [0.29, 0.717) is 39.8 Å². The number of carbonyl (C=O) groups excluding carboxylic acids is 1. The molecular formula is C22H23BrN2O5S. The van der Waals surface area contributed by atoms with E-state index in [1.54, 1.807) is 30.3 Å². The lowest BCUT2D eigenvalue weighted by molar-refractivity contribution is 0.102. The molecule has 0 unspecified atom stereocenters. The molecule has 2 N–H and O–H groups in total. The Bertz CT molecular complexity index is 1130. The molecule has 1 heterocycles. The van der Waals surface area contributed by atoms with E-state index >= 15 is 0 Å². The van der Waals surface area contributed by atoms with Gasteiger partial charge in [-0.3, -0.25) is 4.79 Å². The maximum absolute atomic E-state index is 12.5. The van der Waals surface area contributed by atoms with Gasteiger partial charge in [-0.15, -0.1) is 0 Å². The number of amides is 1. The number of anilines is 1. The number of hydrogen-bond donors (Lipinski definition) is 2. The van der Waals surface area contributed by atoms with Gasteiger partial charge in [0.25, 0.3) is 5.91 Å². The van der Waals surface area contributed by atoms with Crippen LogP contribution in [-0.4, -0.2) is 20.9 Å². The Morgan fingerprint density at radius 2 is 1.87 bits per heavy atom. The summed E-state index contributed by atoms with van der Waals surface area (Å²) in [5, 5.41) is 2.76. The Morgan fingerprint density at radius 3 is 2.48 bits per heavy atom. The smallest absolute Gasteiger partial charge is 0.255 e. The quantitative estimate of drug-likeness (QED) is 0.434. The fourth-order valence-electron chi connectivity index (χ4n) is 2.60. The Hall–Kier alpha value is -2.62. The highest BCUT2D eigenvalue weighted by molar-refractivity contribution is 9.10. The van der Waals surface area contributed by atoms with Crippen LogP contribution in [0.15, 0.2) is 74.6 Å². The van der Waals surface area contributed by atoms with Crippen LogP contribution in [0.4, 0.5) is 5.69 Å². The highest BCUT2D eigenvalue weighted by Crippen LogP contribution is 2.27. The maximum Gasteiger partial charge on any atom is 0.255 e. The monoisotopic (exact) mass is 506 g/mol. The number of furan rings is 1. The molecule has 0 aliphatic heterocycles. The molecule has 0 fully saturated rings. The zero-order valence-corrected chi connectivity index (χ0v) is 19.5. The van der Waals surface area contributed by atoms with Crippen LogP contribution in [0.2, 0.25) is 0 Å². The highest BCUT2D eigenvalue weighted by atomic mass is 79.9. The van der Waals surface area contributed by atoms with Crippen LogP contribution in [0.5, 0.6) is 5.75 Å². The minimum absolute atomic E-state index is 0.0551. The van der Waals surface area contributed by atoms with Crippen LogP contribution in [0, 0.1) is 5.92 Å². The SMILES string of the molecule is CC(C)COc1ccc(C(=O)Nc2ccc(S(=O)(=O)NCc3ccco3)cc2)cc1Br. The van der Waals surface area contributed by atoms with Gasteiger partial charge in [0, 0.05) is 11.3 Å². The molecule has 3 rings (SSSR count). The number of rotatable bonds is 9. The largest absolute Gasteiger partial charge is 0.492 e. The maximum atomic E-state index is 12.5. The van der Waals surface area contributed by atoms with E-state index in [1.165, 1.54) is 30.5 Å². The van der Waals surface area contributed by atoms with Crippen LogP contribution in [-0.2, 0) is 16.6 Å². The lowest BCUT2D eigenvalue weighted by atomic mass is 10.2. The van der Waals surface area contributed by atoms with Gasteiger partial charge in [0.05, 0.1) is 28.8 Å². The number of ether oxygens (including phenoxy) is 1. The first kappa shape index (κ1) is 23.1. The summed E-state index contributed by atoms with van der Waals surface area (Å²) in [6.07, 6.45) is 1.48. The third-order valence-corrected chi connectivity index (χ3v) is 6.24. The van der Waals surface area contributed by atoms with Crippen LogP contribution in [0.25, 0.3) is 0 Å². The second kappa shape index (κ2) is 10.1. The molecule has 7 nitrogen and oxygen atoms in total. The predicted octanol–water partition coefficient (Wildman–Crippen LogP) is 4.81. The molecular weight excluding hydrogens is 484 g/mol. The molecule has 164 valence electrons. The minimum Gasteiger partial charge on any atom is -0.492 e. The average molecular weight is 507 g/mol. The fourth-order valence-corrected chi connectivity index (χ4v) is 4.09. The van der Waals surface area contributed by atoms with Crippen LogP contribution in [0.3, 0.4) is 0 Å². The Kier molecular flexibility index (Phi) is 7.53. The summed E-state index contributed by atoms with van der Waals surface area (Å²) in [6.45, 7) is 4.75. The summed E-state index contributed by atoms with van der Waals surface area (Å²) in [5.74, 6) is 1.26. The lowest BCUT2D eigenvalue weighted by Crippen LogP contribution is -2.23. The second-order valence-electron chi connectivity index (χ2n) is 7.23. The van der Waals surface area contributed by atoms with Gasteiger partial charge in [-0.05, 0) is 76.4 Å². The van der Waals surface area contributed by atoms with Crippen molar-refractivity contribution in [1.82, 2.24) is 4.72 Å². The summed E-state index contributed by atoms with van der Waals surface area (Å²) >= 11 is 3.43. The number of halogens is 1. The molecule has 0 saturated heterocycles. The average Bonchev–Trinajstić information content (AvgIpc) is 3.25. The second-order valence-corrected chi connectivity index (χ2v) is 9.85. The van der Waals surface area contributed by atoms with Crippen LogP contribution >= 0.6 is 15.9 Å². The molecule has 0 radical (unpaired) electrons. The molecule has 0 saturated carbocycles. The summed E-state index contributed by atoms with van der Waals surface area (Å²) in [6, 6.07) is 14.4. The van der Waals surface area contributed by atoms with Crippen LogP contribution < -0.4 is 14.8 Å². The summed E-state index contributed by atoms with van der Waals surface area (Å²) in [4.78, 5) is 12.6. The van der Waals surface area contributed by atoms with E-state index in [4.69, 9.17) is 9.15 Å². The van der Waals surface area contributed by atoms with Crippen molar-refractivity contribution < 1.29 is 22.4 Å². The molecule has 3 aromatic rings. The summed E-state index contributed by atoms with van der Waals surface area (Å²) < 4.78 is 38.7. The molecule has 31 heavy (non-hydrogen) atoms. The van der Waals surface area contributed by atoms with E-state index in [0.717, 1.165) is 0 Å². The van der Waals surface area contributed by atoms with Crippen molar-refractivity contribution in [3.63, 3.8) is 0 Å². The number of hydrogen-bond acceptors (Lipinski definition) is 5. The van der Waals surface area contributed by atoms with E-state index in [-0.39, 0.29) is 17.3 Å². The molecule has 2 aromatic carbocycles. The first-order chi connectivity index (χ1) is 14.7. The predicted molar refractivity (Wildman–Crippen MR) is 122 cm³/mol. The van der Waals surface area contributed by atoms with Gasteiger partial charge < -0.3 is 14.5 Å². The van der Waals surface area contributed by atoms with E-state index in [2.05, 4.69) is 39.8 Å². The summed E-state index contributed by atoms with van der Waals surface area (Å²) in [7, 11) is -3.70. The Balaban J connectivity index is 1.62. The van der Waals surface area contributed by atoms with Gasteiger partial charge >= 0.3 is 0 Å². The van der Waals surface area contributed by atoms with Crippen molar-refractivity contribution in [2.75, 3.05) is 11.9 Å². The molecule has 9 heteroatoms. The van der Waals surface area contributed by atoms with Crippen molar-refractivity contribution in [2.45, 2.75) is 25.3 Å². The first-order valence-corrected chi connectivity index (χ1v) is 11.9. The number of carbonyl (C=O) groups is 1. The zero-order chi connectivity index (χ0) is 22.4. The van der Waals surface area contributed by atoms with Crippen molar-refractivity contribution in [2.24, 2.45) is 5.92 Å². The normalized spacial score (nSPS) is 11.5. The standard InChI is InChI=1S/C22H23BrN2O5S/c1-15(2)14-30-21-10-5-16(12-20(21)23)22(26)25-17-6-8-19(9-7-17)31(27,28)24-13-18-4-3-11-29-18/h3-12,15,24H,13-14H2,1-2H3,(H,25,26). The lowest BCUT2D eigenvalue weighted by Gasteiger charge is -2.12. The van der Waals surface area contributed by atoms with Gasteiger partial charge in [0.15, 0.2) is 0 Å². The summed E-state index contributed by atoms with van der Waals surface area (Å²) in [5.41, 5.74) is 0.923. The fraction of sp³-hybridized carbons (Fsp3) is 0.227. The zero-order valence-electron chi connectivity index (χ0n) is 17.1. The highest BCUT2D eigenvalue weighted by Gasteiger charge is 2.15. The molecule has 0 atom stereocenters. The number of sulfonamides is 1. The van der Waals surface area contributed by atoms with Gasteiger partial charge in [-0.2, -0.15) is 0 Å². The Morgan fingerprint density at radius 1 is 1.13 bits per heavy atom. The number of nitrogens with one attached hydrogen (secondary N) is 2.